The van der Waals surface area contributed by atoms with Crippen molar-refractivity contribution in [2.45, 2.75) is 17.9 Å². The van der Waals surface area contributed by atoms with Crippen LogP contribution in [-0.2, 0) is 10.0 Å². The van der Waals surface area contributed by atoms with Crippen molar-refractivity contribution in [3.8, 4) is 0 Å². The maximum absolute atomic E-state index is 12.4. The molecule has 23 heavy (non-hydrogen) atoms. The summed E-state index contributed by atoms with van der Waals surface area (Å²) in [6.07, 6.45) is 0. The minimum atomic E-state index is -4.07. The Bertz CT molecular complexity index is 856. The Morgan fingerprint density at radius 2 is 1.78 bits per heavy atom. The first kappa shape index (κ1) is 17.7. The van der Waals surface area contributed by atoms with E-state index >= 15 is 0 Å². The topological polar surface area (TPSA) is 89.3 Å². The van der Waals surface area contributed by atoms with Crippen molar-refractivity contribution < 1.29 is 13.3 Å². The number of rotatable bonds is 5. The number of para-hydroxylation sites is 1. The van der Waals surface area contributed by atoms with Crippen LogP contribution in [0.4, 0.5) is 5.69 Å². The largest absolute Gasteiger partial charge is 0.289 e. The second kappa shape index (κ2) is 6.84. The number of hydrogen-bond acceptors (Lipinski definition) is 4. The predicted octanol–water partition coefficient (Wildman–Crippen LogP) is 3.94. The third-order valence-corrected chi connectivity index (χ3v) is 5.45. The Labute approximate surface area is 143 Å². The van der Waals surface area contributed by atoms with E-state index in [9.17, 15) is 18.5 Å². The van der Waals surface area contributed by atoms with E-state index in [2.05, 4.69) is 4.72 Å². The highest BCUT2D eigenvalue weighted by Gasteiger charge is 2.26. The van der Waals surface area contributed by atoms with Gasteiger partial charge < -0.3 is 0 Å². The van der Waals surface area contributed by atoms with Crippen LogP contribution in [0, 0.1) is 10.1 Å². The molecule has 0 fully saturated rings. The lowest BCUT2D eigenvalue weighted by atomic mass is 10.1. The lowest BCUT2D eigenvalue weighted by Crippen LogP contribution is -2.27. The summed E-state index contributed by atoms with van der Waals surface area (Å²) in [5.74, 6) is 0. The Kier molecular flexibility index (Phi) is 5.26. The average molecular weight is 375 g/mol. The van der Waals surface area contributed by atoms with E-state index in [1.54, 1.807) is 19.1 Å². The number of halogens is 2. The van der Waals surface area contributed by atoms with Crippen molar-refractivity contribution in [3.05, 3.63) is 68.2 Å². The van der Waals surface area contributed by atoms with Gasteiger partial charge in [-0.05, 0) is 30.7 Å². The number of nitro benzene ring substituents is 1. The van der Waals surface area contributed by atoms with Gasteiger partial charge in [-0.1, -0.05) is 41.4 Å². The quantitative estimate of drug-likeness (QED) is 0.633. The van der Waals surface area contributed by atoms with Gasteiger partial charge in [-0.2, -0.15) is 0 Å². The maximum atomic E-state index is 12.4. The van der Waals surface area contributed by atoms with Crippen LogP contribution in [0.25, 0.3) is 0 Å². The van der Waals surface area contributed by atoms with Crippen molar-refractivity contribution in [1.29, 1.82) is 0 Å². The number of nitro groups is 1. The first-order valence-corrected chi connectivity index (χ1v) is 8.67. The molecule has 0 radical (unpaired) electrons. The Balaban J connectivity index is 2.34. The van der Waals surface area contributed by atoms with Crippen molar-refractivity contribution >= 4 is 38.9 Å². The molecule has 1 N–H and O–H groups in total. The van der Waals surface area contributed by atoms with E-state index in [-0.39, 0.29) is 0 Å². The lowest BCUT2D eigenvalue weighted by molar-refractivity contribution is -0.387. The molecule has 0 heterocycles. The average Bonchev–Trinajstić information content (AvgIpc) is 2.49. The highest BCUT2D eigenvalue weighted by atomic mass is 35.5. The summed E-state index contributed by atoms with van der Waals surface area (Å²) in [6.45, 7) is 1.60. The smallest absolute Gasteiger partial charge is 0.258 e. The summed E-state index contributed by atoms with van der Waals surface area (Å²) < 4.78 is 27.2. The van der Waals surface area contributed by atoms with Gasteiger partial charge in [-0.25, -0.2) is 13.1 Å². The number of nitrogens with one attached hydrogen (secondary N) is 1. The van der Waals surface area contributed by atoms with Crippen LogP contribution in [0.5, 0.6) is 0 Å². The van der Waals surface area contributed by atoms with Crippen LogP contribution in [0.15, 0.2) is 47.4 Å². The summed E-state index contributed by atoms with van der Waals surface area (Å²) in [6, 6.07) is 9.21. The van der Waals surface area contributed by atoms with E-state index in [1.165, 1.54) is 24.3 Å². The molecular formula is C14H12Cl2N2O4S. The van der Waals surface area contributed by atoms with Crippen LogP contribution in [0.2, 0.25) is 10.0 Å². The lowest BCUT2D eigenvalue weighted by Gasteiger charge is -2.15. The molecule has 0 spiro atoms. The SMILES string of the molecule is CC(NS(=O)(=O)c1ccccc1[N+](=O)[O-])c1ccc(Cl)c(Cl)c1. The number of nitrogens with zero attached hydrogens (tertiary/aromatic N) is 1. The van der Waals surface area contributed by atoms with Gasteiger partial charge in [0.15, 0.2) is 4.90 Å². The number of sulfonamides is 1. The van der Waals surface area contributed by atoms with Crippen molar-refractivity contribution in [2.24, 2.45) is 0 Å². The second-order valence-corrected chi connectivity index (χ2v) is 7.24. The summed E-state index contributed by atoms with van der Waals surface area (Å²) in [5, 5.41) is 11.6. The van der Waals surface area contributed by atoms with Crippen molar-refractivity contribution in [1.82, 2.24) is 4.72 Å². The zero-order valence-corrected chi connectivity index (χ0v) is 14.2. The van der Waals surface area contributed by atoms with E-state index in [0.717, 1.165) is 6.07 Å². The van der Waals surface area contributed by atoms with E-state index < -0.39 is 31.6 Å². The fraction of sp³-hybridized carbons (Fsp3) is 0.143. The normalized spacial score (nSPS) is 12.8. The van der Waals surface area contributed by atoms with E-state index in [4.69, 9.17) is 23.2 Å². The highest BCUT2D eigenvalue weighted by molar-refractivity contribution is 7.89. The molecule has 0 amide bonds. The van der Waals surface area contributed by atoms with Crippen LogP contribution >= 0.6 is 23.2 Å². The standard InChI is InChI=1S/C14H12Cl2N2O4S/c1-9(10-6-7-11(15)12(16)8-10)17-23(21,22)14-5-3-2-4-13(14)18(19)20/h2-9,17H,1H3. The van der Waals surface area contributed by atoms with Crippen LogP contribution in [0.3, 0.4) is 0 Å². The van der Waals surface area contributed by atoms with Crippen LogP contribution in [-0.4, -0.2) is 13.3 Å². The fourth-order valence-corrected chi connectivity index (χ4v) is 3.69. The molecule has 2 aromatic carbocycles. The second-order valence-electron chi connectivity index (χ2n) is 4.74. The molecule has 9 heteroatoms. The van der Waals surface area contributed by atoms with Crippen molar-refractivity contribution in [3.63, 3.8) is 0 Å². The first-order chi connectivity index (χ1) is 10.7. The van der Waals surface area contributed by atoms with Crippen LogP contribution < -0.4 is 4.72 Å². The highest BCUT2D eigenvalue weighted by Crippen LogP contribution is 2.28. The Hall–Kier alpha value is -1.67. The van der Waals surface area contributed by atoms with Gasteiger partial charge >= 0.3 is 0 Å². The van der Waals surface area contributed by atoms with Crippen molar-refractivity contribution in [2.75, 3.05) is 0 Å². The monoisotopic (exact) mass is 374 g/mol. The van der Waals surface area contributed by atoms with Gasteiger partial charge in [0.05, 0.1) is 15.0 Å². The summed E-state index contributed by atoms with van der Waals surface area (Å²) in [5.41, 5.74) is 0.0999. The molecule has 122 valence electrons. The molecule has 6 nitrogen and oxygen atoms in total. The predicted molar refractivity (Wildman–Crippen MR) is 88.3 cm³/mol. The molecule has 2 rings (SSSR count). The molecule has 0 aromatic heterocycles. The zero-order chi connectivity index (χ0) is 17.2. The Morgan fingerprint density at radius 3 is 2.39 bits per heavy atom. The van der Waals surface area contributed by atoms with Gasteiger partial charge in [0.25, 0.3) is 5.69 Å². The maximum Gasteiger partial charge on any atom is 0.289 e. The number of hydrogen-bond donors (Lipinski definition) is 1. The van der Waals surface area contributed by atoms with E-state index in [1.807, 2.05) is 0 Å². The van der Waals surface area contributed by atoms with Gasteiger partial charge in [0.1, 0.15) is 0 Å². The third-order valence-electron chi connectivity index (χ3n) is 3.13. The summed E-state index contributed by atoms with van der Waals surface area (Å²) in [4.78, 5) is 9.86. The Morgan fingerprint density at radius 1 is 1.13 bits per heavy atom. The molecule has 1 atom stereocenters. The molecule has 2 aromatic rings. The number of benzene rings is 2. The summed E-state index contributed by atoms with van der Waals surface area (Å²) >= 11 is 11.7. The molecular weight excluding hydrogens is 363 g/mol. The molecule has 0 aliphatic carbocycles. The minimum absolute atomic E-state index is 0.293. The molecule has 0 aliphatic heterocycles. The molecule has 0 saturated heterocycles. The summed E-state index contributed by atoms with van der Waals surface area (Å²) in [7, 11) is -4.07. The van der Waals surface area contributed by atoms with Gasteiger partial charge in [0, 0.05) is 12.1 Å². The van der Waals surface area contributed by atoms with Crippen LogP contribution in [0.1, 0.15) is 18.5 Å². The van der Waals surface area contributed by atoms with Gasteiger partial charge in [-0.15, -0.1) is 0 Å². The fourth-order valence-electron chi connectivity index (χ4n) is 1.98. The van der Waals surface area contributed by atoms with Gasteiger partial charge in [-0.3, -0.25) is 10.1 Å². The third kappa shape index (κ3) is 4.00. The molecule has 0 saturated carbocycles. The minimum Gasteiger partial charge on any atom is -0.258 e. The molecule has 1 unspecified atom stereocenters. The van der Waals surface area contributed by atoms with E-state index in [0.29, 0.717) is 15.6 Å². The molecule has 0 bridgehead atoms. The first-order valence-electron chi connectivity index (χ1n) is 6.43. The van der Waals surface area contributed by atoms with Gasteiger partial charge in [0.2, 0.25) is 10.0 Å². The molecule has 0 aliphatic rings. The zero-order valence-electron chi connectivity index (χ0n) is 11.9.